The van der Waals surface area contributed by atoms with Crippen molar-refractivity contribution in [3.63, 3.8) is 0 Å². The Morgan fingerprint density at radius 2 is 1.94 bits per heavy atom. The molecule has 1 unspecified atom stereocenters. The third-order valence-electron chi connectivity index (χ3n) is 2.59. The molecule has 0 bridgehead atoms. The second-order valence-corrected chi connectivity index (χ2v) is 4.00. The molecule has 1 aromatic carbocycles. The molecule has 3 N–H and O–H groups in total. The van der Waals surface area contributed by atoms with Gasteiger partial charge < -0.3 is 15.7 Å². The minimum atomic E-state index is -1.53. The highest BCUT2D eigenvalue weighted by Crippen LogP contribution is 2.20. The number of amides is 1. The third-order valence-corrected chi connectivity index (χ3v) is 2.59. The smallest absolute Gasteiger partial charge is 0.330 e. The van der Waals surface area contributed by atoms with Crippen molar-refractivity contribution >= 4 is 17.6 Å². The number of hydrogen-bond acceptors (Lipinski definition) is 3. The maximum atomic E-state index is 11.8. The van der Waals surface area contributed by atoms with Crippen molar-refractivity contribution in [1.29, 1.82) is 0 Å². The van der Waals surface area contributed by atoms with Crippen molar-refractivity contribution in [3.05, 3.63) is 29.3 Å². The lowest BCUT2D eigenvalue weighted by molar-refractivity contribution is -0.142. The average Bonchev–Trinajstić information content (AvgIpc) is 2.29. The number of nitrogens with two attached hydrogens (primary N) is 1. The van der Waals surface area contributed by atoms with Crippen molar-refractivity contribution < 1.29 is 14.7 Å². The zero-order valence-corrected chi connectivity index (χ0v) is 10.1. The molecule has 1 atom stereocenters. The lowest BCUT2D eigenvalue weighted by Crippen LogP contribution is -2.47. The first kappa shape index (κ1) is 13.2. The van der Waals surface area contributed by atoms with Crippen LogP contribution in [0.15, 0.2) is 18.2 Å². The summed E-state index contributed by atoms with van der Waals surface area (Å²) >= 11 is 0. The summed E-state index contributed by atoms with van der Waals surface area (Å²) in [5.41, 5.74) is 7.86. The van der Waals surface area contributed by atoms with Crippen molar-refractivity contribution in [3.8, 4) is 0 Å². The molecule has 0 heterocycles. The molecular weight excluding hydrogens is 220 g/mol. The van der Waals surface area contributed by atoms with E-state index in [1.807, 2.05) is 32.0 Å². The van der Waals surface area contributed by atoms with E-state index in [9.17, 15) is 9.59 Å². The van der Waals surface area contributed by atoms with Crippen molar-refractivity contribution in [1.82, 2.24) is 0 Å². The van der Waals surface area contributed by atoms with Crippen molar-refractivity contribution in [2.24, 2.45) is 5.73 Å². The molecule has 92 valence electrons. The average molecular weight is 236 g/mol. The summed E-state index contributed by atoms with van der Waals surface area (Å²) in [6.07, 6.45) is 0. The van der Waals surface area contributed by atoms with Gasteiger partial charge in [0, 0.05) is 12.7 Å². The molecule has 1 rings (SSSR count). The Kier molecular flexibility index (Phi) is 3.85. The second-order valence-electron chi connectivity index (χ2n) is 4.00. The highest BCUT2D eigenvalue weighted by atomic mass is 16.4. The van der Waals surface area contributed by atoms with Gasteiger partial charge in [-0.1, -0.05) is 12.1 Å². The van der Waals surface area contributed by atoms with Gasteiger partial charge in [0.1, 0.15) is 0 Å². The summed E-state index contributed by atoms with van der Waals surface area (Å²) in [5.74, 6) is -1.96. The summed E-state index contributed by atoms with van der Waals surface area (Å²) in [6.45, 7) is 3.75. The summed E-state index contributed by atoms with van der Waals surface area (Å²) in [6, 6.07) is 4.09. The normalized spacial score (nSPS) is 12.0. The Hall–Kier alpha value is -1.88. The highest BCUT2D eigenvalue weighted by molar-refractivity contribution is 6.08. The van der Waals surface area contributed by atoms with E-state index in [1.165, 1.54) is 11.9 Å². The molecule has 0 aliphatic heterocycles. The van der Waals surface area contributed by atoms with E-state index in [0.717, 1.165) is 11.1 Å². The quantitative estimate of drug-likeness (QED) is 0.756. The lowest BCUT2D eigenvalue weighted by Gasteiger charge is -2.21. The van der Waals surface area contributed by atoms with Crippen LogP contribution < -0.4 is 10.6 Å². The van der Waals surface area contributed by atoms with Crippen molar-refractivity contribution in [2.75, 3.05) is 11.9 Å². The van der Waals surface area contributed by atoms with E-state index >= 15 is 0 Å². The summed E-state index contributed by atoms with van der Waals surface area (Å²) in [5, 5.41) is 8.70. The summed E-state index contributed by atoms with van der Waals surface area (Å²) in [7, 11) is 1.52. The largest absolute Gasteiger partial charge is 0.480 e. The van der Waals surface area contributed by atoms with Crippen LogP contribution in [0.5, 0.6) is 0 Å². The SMILES string of the molecule is Cc1ccc(C)c(N(C)C(=O)C(N)C(=O)O)c1. The molecule has 5 nitrogen and oxygen atoms in total. The minimum absolute atomic E-state index is 0.633. The predicted molar refractivity (Wildman–Crippen MR) is 64.9 cm³/mol. The Morgan fingerprint density at radius 3 is 2.47 bits per heavy atom. The molecule has 0 fully saturated rings. The number of carboxylic acids is 1. The second kappa shape index (κ2) is 4.97. The van der Waals surface area contributed by atoms with Crippen LogP contribution in [0.2, 0.25) is 0 Å². The molecule has 17 heavy (non-hydrogen) atoms. The predicted octanol–water partition coefficient (Wildman–Crippen LogP) is 0.678. The molecular formula is C12H16N2O3. The van der Waals surface area contributed by atoms with Gasteiger partial charge in [-0.2, -0.15) is 0 Å². The van der Waals surface area contributed by atoms with Gasteiger partial charge in [0.25, 0.3) is 5.91 Å². The Balaban J connectivity index is 3.04. The monoisotopic (exact) mass is 236 g/mol. The first-order valence-corrected chi connectivity index (χ1v) is 5.17. The summed E-state index contributed by atoms with van der Waals surface area (Å²) < 4.78 is 0. The fourth-order valence-electron chi connectivity index (χ4n) is 1.51. The molecule has 1 amide bonds. The number of likely N-dealkylation sites (N-methyl/N-ethyl adjacent to an activating group) is 1. The number of rotatable bonds is 3. The molecule has 0 aliphatic carbocycles. The van der Waals surface area contributed by atoms with Gasteiger partial charge in [-0.25, -0.2) is 4.79 Å². The molecule has 0 saturated carbocycles. The van der Waals surface area contributed by atoms with Crippen LogP contribution in [-0.4, -0.2) is 30.1 Å². The number of carboxylic acid groups (broad SMARTS) is 1. The van der Waals surface area contributed by atoms with E-state index in [2.05, 4.69) is 0 Å². The maximum Gasteiger partial charge on any atom is 0.330 e. The van der Waals surface area contributed by atoms with E-state index in [1.54, 1.807) is 0 Å². The molecule has 0 aliphatic rings. The van der Waals surface area contributed by atoms with Gasteiger partial charge >= 0.3 is 5.97 Å². The van der Waals surface area contributed by atoms with Crippen LogP contribution in [-0.2, 0) is 9.59 Å². The molecule has 0 saturated heterocycles. The number of carbonyl (C=O) groups excluding carboxylic acids is 1. The van der Waals surface area contributed by atoms with Gasteiger partial charge in [0.2, 0.25) is 0 Å². The van der Waals surface area contributed by atoms with Crippen molar-refractivity contribution in [2.45, 2.75) is 19.9 Å². The van der Waals surface area contributed by atoms with E-state index in [4.69, 9.17) is 10.8 Å². The van der Waals surface area contributed by atoms with Gasteiger partial charge in [0.05, 0.1) is 0 Å². The number of hydrogen-bond donors (Lipinski definition) is 2. The Labute approximate surface area is 99.8 Å². The first-order chi connectivity index (χ1) is 7.84. The van der Waals surface area contributed by atoms with Gasteiger partial charge in [-0.3, -0.25) is 4.79 Å². The molecule has 1 aromatic rings. The minimum Gasteiger partial charge on any atom is -0.480 e. The zero-order chi connectivity index (χ0) is 13.2. The molecule has 0 aromatic heterocycles. The Morgan fingerprint density at radius 1 is 1.35 bits per heavy atom. The fraction of sp³-hybridized carbons (Fsp3) is 0.333. The number of benzene rings is 1. The number of carbonyl (C=O) groups is 2. The van der Waals surface area contributed by atoms with Gasteiger partial charge in [-0.15, -0.1) is 0 Å². The lowest BCUT2D eigenvalue weighted by atomic mass is 10.1. The van der Waals surface area contributed by atoms with Crippen LogP contribution in [0.4, 0.5) is 5.69 Å². The van der Waals surface area contributed by atoms with E-state index in [-0.39, 0.29) is 0 Å². The third kappa shape index (κ3) is 2.82. The van der Waals surface area contributed by atoms with Crippen LogP contribution in [0.25, 0.3) is 0 Å². The molecule has 0 radical (unpaired) electrons. The number of nitrogens with zero attached hydrogens (tertiary/aromatic N) is 1. The first-order valence-electron chi connectivity index (χ1n) is 5.17. The Bertz CT molecular complexity index is 457. The van der Waals surface area contributed by atoms with Gasteiger partial charge in [0.15, 0.2) is 6.04 Å². The number of aryl methyl sites for hydroxylation is 2. The van der Waals surface area contributed by atoms with Crippen LogP contribution in [0, 0.1) is 13.8 Å². The molecule has 0 spiro atoms. The topological polar surface area (TPSA) is 83.6 Å². The fourth-order valence-corrected chi connectivity index (χ4v) is 1.51. The maximum absolute atomic E-state index is 11.8. The standard InChI is InChI=1S/C12H16N2O3/c1-7-4-5-8(2)9(6-7)14(3)11(15)10(13)12(16)17/h4-6,10H,13H2,1-3H3,(H,16,17). The van der Waals surface area contributed by atoms with E-state index in [0.29, 0.717) is 5.69 Å². The van der Waals surface area contributed by atoms with Crippen LogP contribution >= 0.6 is 0 Å². The van der Waals surface area contributed by atoms with E-state index < -0.39 is 17.9 Å². The van der Waals surface area contributed by atoms with Crippen LogP contribution in [0.1, 0.15) is 11.1 Å². The van der Waals surface area contributed by atoms with Crippen LogP contribution in [0.3, 0.4) is 0 Å². The number of anilines is 1. The molecule has 5 heteroatoms. The number of aliphatic carboxylic acids is 1. The summed E-state index contributed by atoms with van der Waals surface area (Å²) in [4.78, 5) is 23.7. The zero-order valence-electron chi connectivity index (χ0n) is 10.1. The highest BCUT2D eigenvalue weighted by Gasteiger charge is 2.26. The van der Waals surface area contributed by atoms with Gasteiger partial charge in [-0.05, 0) is 31.0 Å².